The highest BCUT2D eigenvalue weighted by molar-refractivity contribution is 5.49. The Morgan fingerprint density at radius 3 is 2.00 bits per heavy atom. The molecule has 1 rings (SSSR count). The minimum atomic E-state index is -4.31. The monoisotopic (exact) mass is 275 g/mol. The molecule has 1 N–H and O–H groups in total. The predicted octanol–water partition coefficient (Wildman–Crippen LogP) is 3.69. The molecule has 0 amide bonds. The van der Waals surface area contributed by atoms with Crippen molar-refractivity contribution in [2.24, 2.45) is 0 Å². The molecule has 0 unspecified atom stereocenters. The maximum absolute atomic E-state index is 12.5. The number of anilines is 1. The minimum absolute atomic E-state index is 0.0163. The van der Waals surface area contributed by atoms with Crippen molar-refractivity contribution in [2.45, 2.75) is 38.9 Å². The number of rotatable bonds is 6. The normalized spacial score (nSPS) is 11.9. The lowest BCUT2D eigenvalue weighted by atomic mass is 10.1. The highest BCUT2D eigenvalue weighted by Gasteiger charge is 2.30. The summed E-state index contributed by atoms with van der Waals surface area (Å²) in [6.45, 7) is 4.47. The van der Waals surface area contributed by atoms with E-state index in [1.165, 1.54) is 12.1 Å². The molecule has 0 bridgehead atoms. The van der Waals surface area contributed by atoms with Gasteiger partial charge in [0.05, 0.1) is 12.2 Å². The van der Waals surface area contributed by atoms with Crippen LogP contribution < -0.4 is 4.90 Å². The molecule has 0 fully saturated rings. The van der Waals surface area contributed by atoms with Crippen LogP contribution in [0.3, 0.4) is 0 Å². The fourth-order valence-electron chi connectivity index (χ4n) is 2.20. The first-order valence-electron chi connectivity index (χ1n) is 6.48. The second kappa shape index (κ2) is 6.80. The van der Waals surface area contributed by atoms with Crippen molar-refractivity contribution in [2.75, 3.05) is 18.1 Å². The molecule has 1 aromatic rings. The third kappa shape index (κ3) is 4.13. The molecule has 2 nitrogen and oxygen atoms in total. The predicted molar refractivity (Wildman–Crippen MR) is 70.2 cm³/mol. The standard InChI is InChI=1S/C14H20F3NO/c1-3-12(4-2)18(9-10-19)13-7-5-11(6-8-13)14(15,16)17/h5-8,12,19H,3-4,9-10H2,1-2H3. The Labute approximate surface area is 111 Å². The lowest BCUT2D eigenvalue weighted by Gasteiger charge is -2.32. The molecule has 19 heavy (non-hydrogen) atoms. The van der Waals surface area contributed by atoms with Crippen molar-refractivity contribution in [3.05, 3.63) is 29.8 Å². The molecular formula is C14H20F3NO. The van der Waals surface area contributed by atoms with Crippen LogP contribution in [0, 0.1) is 0 Å². The van der Waals surface area contributed by atoms with Gasteiger partial charge in [0.15, 0.2) is 0 Å². The number of hydrogen-bond donors (Lipinski definition) is 1. The van der Waals surface area contributed by atoms with Gasteiger partial charge in [0.25, 0.3) is 0 Å². The van der Waals surface area contributed by atoms with Crippen molar-refractivity contribution in [1.29, 1.82) is 0 Å². The third-order valence-corrected chi connectivity index (χ3v) is 3.25. The smallest absolute Gasteiger partial charge is 0.395 e. The second-order valence-corrected chi connectivity index (χ2v) is 4.43. The molecule has 0 aliphatic carbocycles. The van der Waals surface area contributed by atoms with Gasteiger partial charge in [-0.3, -0.25) is 0 Å². The van der Waals surface area contributed by atoms with E-state index >= 15 is 0 Å². The molecule has 0 atom stereocenters. The Kier molecular flexibility index (Phi) is 5.66. The first-order chi connectivity index (χ1) is 8.93. The zero-order chi connectivity index (χ0) is 14.5. The van der Waals surface area contributed by atoms with Gasteiger partial charge in [-0.25, -0.2) is 0 Å². The second-order valence-electron chi connectivity index (χ2n) is 4.43. The molecule has 0 aliphatic heterocycles. The molecule has 1 aromatic carbocycles. The minimum Gasteiger partial charge on any atom is -0.395 e. The summed E-state index contributed by atoms with van der Waals surface area (Å²) in [7, 11) is 0. The van der Waals surface area contributed by atoms with Crippen molar-refractivity contribution in [3.63, 3.8) is 0 Å². The van der Waals surface area contributed by atoms with E-state index in [2.05, 4.69) is 0 Å². The average Bonchev–Trinajstić information content (AvgIpc) is 2.38. The summed E-state index contributed by atoms with van der Waals surface area (Å²) in [5, 5.41) is 9.10. The van der Waals surface area contributed by atoms with Gasteiger partial charge in [-0.05, 0) is 37.1 Å². The summed E-state index contributed by atoms with van der Waals surface area (Å²) in [6, 6.07) is 5.33. The van der Waals surface area contributed by atoms with Crippen LogP contribution in [-0.4, -0.2) is 24.3 Å². The summed E-state index contributed by atoms with van der Waals surface area (Å²) >= 11 is 0. The van der Waals surface area contributed by atoms with E-state index < -0.39 is 11.7 Å². The van der Waals surface area contributed by atoms with Crippen LogP contribution in [-0.2, 0) is 6.18 Å². The molecule has 0 radical (unpaired) electrons. The van der Waals surface area contributed by atoms with Crippen LogP contribution in [0.25, 0.3) is 0 Å². The largest absolute Gasteiger partial charge is 0.416 e. The van der Waals surface area contributed by atoms with Crippen molar-refractivity contribution in [3.8, 4) is 0 Å². The zero-order valence-electron chi connectivity index (χ0n) is 11.2. The molecule has 0 aliphatic rings. The number of hydrogen-bond acceptors (Lipinski definition) is 2. The molecule has 0 aromatic heterocycles. The highest BCUT2D eigenvalue weighted by Crippen LogP contribution is 2.31. The number of benzene rings is 1. The number of alkyl halides is 3. The van der Waals surface area contributed by atoms with E-state index in [1.807, 2.05) is 18.7 Å². The fourth-order valence-corrected chi connectivity index (χ4v) is 2.20. The van der Waals surface area contributed by atoms with Crippen molar-refractivity contribution >= 4 is 5.69 Å². The van der Waals surface area contributed by atoms with E-state index in [9.17, 15) is 13.2 Å². The maximum atomic E-state index is 12.5. The lowest BCUT2D eigenvalue weighted by Crippen LogP contribution is -2.36. The molecule has 108 valence electrons. The zero-order valence-corrected chi connectivity index (χ0v) is 11.2. The van der Waals surface area contributed by atoms with Crippen LogP contribution in [0.2, 0.25) is 0 Å². The molecule has 5 heteroatoms. The summed E-state index contributed by atoms with van der Waals surface area (Å²) in [6.07, 6.45) is -2.54. The Morgan fingerprint density at radius 1 is 1.11 bits per heavy atom. The van der Waals surface area contributed by atoms with E-state index in [4.69, 9.17) is 5.11 Å². The first-order valence-corrected chi connectivity index (χ1v) is 6.48. The SMILES string of the molecule is CCC(CC)N(CCO)c1ccc(C(F)(F)F)cc1. The lowest BCUT2D eigenvalue weighted by molar-refractivity contribution is -0.137. The van der Waals surface area contributed by atoms with Gasteiger partial charge >= 0.3 is 6.18 Å². The van der Waals surface area contributed by atoms with Gasteiger partial charge in [-0.2, -0.15) is 13.2 Å². The number of nitrogens with zero attached hydrogens (tertiary/aromatic N) is 1. The van der Waals surface area contributed by atoms with Crippen molar-refractivity contribution < 1.29 is 18.3 Å². The van der Waals surface area contributed by atoms with Crippen LogP contribution in [0.5, 0.6) is 0 Å². The van der Waals surface area contributed by atoms with E-state index in [0.717, 1.165) is 30.7 Å². The van der Waals surface area contributed by atoms with E-state index in [0.29, 0.717) is 6.54 Å². The molecule has 0 saturated heterocycles. The summed E-state index contributed by atoms with van der Waals surface area (Å²) in [5.74, 6) is 0. The van der Waals surface area contributed by atoms with Crippen molar-refractivity contribution in [1.82, 2.24) is 0 Å². The van der Waals surface area contributed by atoms with E-state index in [1.54, 1.807) is 0 Å². The van der Waals surface area contributed by atoms with Crippen LogP contribution >= 0.6 is 0 Å². The Hall–Kier alpha value is -1.23. The summed E-state index contributed by atoms with van der Waals surface area (Å²) < 4.78 is 37.5. The van der Waals surface area contributed by atoms with Gasteiger partial charge in [-0.15, -0.1) is 0 Å². The van der Waals surface area contributed by atoms with Gasteiger partial charge in [0.1, 0.15) is 0 Å². The number of aliphatic hydroxyl groups is 1. The highest BCUT2D eigenvalue weighted by atomic mass is 19.4. The Bertz CT molecular complexity index is 371. The average molecular weight is 275 g/mol. The van der Waals surface area contributed by atoms with Gasteiger partial charge in [0.2, 0.25) is 0 Å². The van der Waals surface area contributed by atoms with E-state index in [-0.39, 0.29) is 12.6 Å². The molecule has 0 saturated carbocycles. The number of aliphatic hydroxyl groups excluding tert-OH is 1. The van der Waals surface area contributed by atoms with Gasteiger partial charge in [0, 0.05) is 18.3 Å². The Balaban J connectivity index is 2.97. The quantitative estimate of drug-likeness (QED) is 0.855. The summed E-state index contributed by atoms with van der Waals surface area (Å²) in [4.78, 5) is 1.96. The number of halogens is 3. The topological polar surface area (TPSA) is 23.5 Å². The van der Waals surface area contributed by atoms with Gasteiger partial charge in [-0.1, -0.05) is 13.8 Å². The first kappa shape index (κ1) is 15.8. The molecule has 0 heterocycles. The maximum Gasteiger partial charge on any atom is 0.416 e. The van der Waals surface area contributed by atoms with Gasteiger partial charge < -0.3 is 10.0 Å². The fraction of sp³-hybridized carbons (Fsp3) is 0.571. The summed E-state index contributed by atoms with van der Waals surface area (Å²) in [5.41, 5.74) is 0.0699. The Morgan fingerprint density at radius 2 is 1.63 bits per heavy atom. The molecular weight excluding hydrogens is 255 g/mol. The van der Waals surface area contributed by atoms with Crippen LogP contribution in [0.4, 0.5) is 18.9 Å². The molecule has 0 spiro atoms. The van der Waals surface area contributed by atoms with Crippen LogP contribution in [0.1, 0.15) is 32.3 Å². The third-order valence-electron chi connectivity index (χ3n) is 3.25. The van der Waals surface area contributed by atoms with Crippen LogP contribution in [0.15, 0.2) is 24.3 Å².